The molecule has 1 heterocycles. The van der Waals surface area contributed by atoms with Crippen LogP contribution >= 0.6 is 0 Å². The molecule has 1 unspecified atom stereocenters. The molecule has 0 aromatic rings. The largest absolute Gasteiger partial charge is 0.481 e. The fourth-order valence-corrected chi connectivity index (χ4v) is 3.76. The normalized spacial score (nSPS) is 23.6. The molecule has 7 heteroatoms. The quantitative estimate of drug-likeness (QED) is 0.810. The molecule has 2 aliphatic rings. The van der Waals surface area contributed by atoms with Crippen molar-refractivity contribution >= 4 is 17.8 Å². The number of piperidine rings is 1. The lowest BCUT2D eigenvalue weighted by Crippen LogP contribution is -2.53. The summed E-state index contributed by atoms with van der Waals surface area (Å²) in [7, 11) is 3.18. The van der Waals surface area contributed by atoms with Gasteiger partial charge in [0.1, 0.15) is 5.60 Å². The fourth-order valence-electron chi connectivity index (χ4n) is 3.76. The Bertz CT molecular complexity index is 487. The zero-order valence-electron chi connectivity index (χ0n) is 14.6. The molecular formula is C17H28N2O5. The van der Waals surface area contributed by atoms with E-state index in [0.717, 1.165) is 19.3 Å². The second-order valence-electron chi connectivity index (χ2n) is 6.94. The van der Waals surface area contributed by atoms with Crippen molar-refractivity contribution in [1.29, 1.82) is 0 Å². The molecule has 7 nitrogen and oxygen atoms in total. The first-order valence-corrected chi connectivity index (χ1v) is 8.71. The predicted octanol–water partition coefficient (Wildman–Crippen LogP) is 1.12. The summed E-state index contributed by atoms with van der Waals surface area (Å²) in [6, 6.07) is 0. The molecule has 2 rings (SSSR count). The third-order valence-corrected chi connectivity index (χ3v) is 5.28. The maximum absolute atomic E-state index is 12.8. The maximum atomic E-state index is 12.8. The number of hydrogen-bond donors (Lipinski definition) is 1. The molecule has 0 aromatic heterocycles. The van der Waals surface area contributed by atoms with Gasteiger partial charge in [-0.15, -0.1) is 0 Å². The lowest BCUT2D eigenvalue weighted by molar-refractivity contribution is -0.160. The maximum Gasteiger partial charge on any atom is 0.308 e. The molecule has 1 aliphatic carbocycles. The predicted molar refractivity (Wildman–Crippen MR) is 87.4 cm³/mol. The van der Waals surface area contributed by atoms with Gasteiger partial charge in [-0.3, -0.25) is 14.4 Å². The molecule has 0 bridgehead atoms. The minimum absolute atomic E-state index is 0.0315. The third kappa shape index (κ3) is 4.06. The highest BCUT2D eigenvalue weighted by Crippen LogP contribution is 2.32. The Labute approximate surface area is 142 Å². The molecule has 136 valence electrons. The summed E-state index contributed by atoms with van der Waals surface area (Å²) in [4.78, 5) is 39.3. The number of likely N-dealkylation sites (N-methyl/N-ethyl adjacent to an activating group) is 1. The summed E-state index contributed by atoms with van der Waals surface area (Å²) in [5, 5.41) is 9.12. The van der Waals surface area contributed by atoms with E-state index in [0.29, 0.717) is 32.2 Å². The van der Waals surface area contributed by atoms with E-state index in [4.69, 9.17) is 9.84 Å². The van der Waals surface area contributed by atoms with Crippen LogP contribution in [0.1, 0.15) is 44.9 Å². The summed E-state index contributed by atoms with van der Waals surface area (Å²) in [6.45, 7) is 0.752. The minimum Gasteiger partial charge on any atom is -0.481 e. The van der Waals surface area contributed by atoms with Gasteiger partial charge >= 0.3 is 5.97 Å². The van der Waals surface area contributed by atoms with Gasteiger partial charge in [-0.05, 0) is 25.7 Å². The monoisotopic (exact) mass is 340 g/mol. The highest BCUT2D eigenvalue weighted by molar-refractivity contribution is 5.89. The molecule has 0 aromatic carbocycles. The molecule has 0 spiro atoms. The number of carbonyl (C=O) groups is 3. The van der Waals surface area contributed by atoms with Crippen molar-refractivity contribution in [3.63, 3.8) is 0 Å². The number of methoxy groups -OCH3 is 1. The second-order valence-corrected chi connectivity index (χ2v) is 6.94. The number of carboxylic acids is 1. The van der Waals surface area contributed by atoms with Gasteiger partial charge in [0.25, 0.3) is 5.91 Å². The van der Waals surface area contributed by atoms with E-state index in [2.05, 4.69) is 0 Å². The van der Waals surface area contributed by atoms with Gasteiger partial charge < -0.3 is 19.6 Å². The van der Waals surface area contributed by atoms with Crippen LogP contribution in [0.25, 0.3) is 0 Å². The Morgan fingerprint density at radius 2 is 1.88 bits per heavy atom. The zero-order chi connectivity index (χ0) is 17.7. The van der Waals surface area contributed by atoms with Gasteiger partial charge in [-0.25, -0.2) is 0 Å². The van der Waals surface area contributed by atoms with Crippen LogP contribution in [0.15, 0.2) is 0 Å². The molecule has 2 amide bonds. The van der Waals surface area contributed by atoms with Crippen molar-refractivity contribution in [2.75, 3.05) is 33.8 Å². The Balaban J connectivity index is 1.95. The van der Waals surface area contributed by atoms with Crippen LogP contribution in [0.4, 0.5) is 0 Å². The average Bonchev–Trinajstić information content (AvgIpc) is 2.61. The Morgan fingerprint density at radius 3 is 2.46 bits per heavy atom. The number of likely N-dealkylation sites (tertiary alicyclic amines) is 1. The van der Waals surface area contributed by atoms with Gasteiger partial charge in [-0.2, -0.15) is 0 Å². The first-order valence-electron chi connectivity index (χ1n) is 8.71. The van der Waals surface area contributed by atoms with E-state index < -0.39 is 17.5 Å². The summed E-state index contributed by atoms with van der Waals surface area (Å²) < 4.78 is 5.54. The topological polar surface area (TPSA) is 87.2 Å². The lowest BCUT2D eigenvalue weighted by Gasteiger charge is -2.38. The van der Waals surface area contributed by atoms with Crippen molar-refractivity contribution in [2.24, 2.45) is 5.92 Å². The second kappa shape index (κ2) is 7.96. The van der Waals surface area contributed by atoms with E-state index in [-0.39, 0.29) is 24.9 Å². The van der Waals surface area contributed by atoms with Crippen molar-refractivity contribution in [2.45, 2.75) is 50.5 Å². The standard InChI is InChI=1S/C17H28N2O5/c1-18(16(23)17(24-2)8-4-3-5-9-17)12-14(20)19-10-6-7-13(11-19)15(21)22/h13H,3-12H2,1-2H3,(H,21,22). The summed E-state index contributed by atoms with van der Waals surface area (Å²) in [5.41, 5.74) is -0.807. The van der Waals surface area contributed by atoms with Crippen molar-refractivity contribution in [3.8, 4) is 0 Å². The van der Waals surface area contributed by atoms with Gasteiger partial charge in [0.15, 0.2) is 0 Å². The minimum atomic E-state index is -0.863. The van der Waals surface area contributed by atoms with Gasteiger partial charge in [0.2, 0.25) is 5.91 Å². The Hall–Kier alpha value is -1.63. The highest BCUT2D eigenvalue weighted by atomic mass is 16.5. The van der Waals surface area contributed by atoms with E-state index in [1.54, 1.807) is 19.1 Å². The van der Waals surface area contributed by atoms with E-state index in [1.165, 1.54) is 4.90 Å². The third-order valence-electron chi connectivity index (χ3n) is 5.28. The van der Waals surface area contributed by atoms with Gasteiger partial charge in [-0.1, -0.05) is 19.3 Å². The number of carboxylic acid groups (broad SMARTS) is 1. The summed E-state index contributed by atoms with van der Waals surface area (Å²) >= 11 is 0. The van der Waals surface area contributed by atoms with Gasteiger partial charge in [0.05, 0.1) is 12.5 Å². The van der Waals surface area contributed by atoms with Crippen LogP contribution in [0.2, 0.25) is 0 Å². The number of hydrogen-bond acceptors (Lipinski definition) is 4. The first-order chi connectivity index (χ1) is 11.4. The molecule has 1 aliphatic heterocycles. The van der Waals surface area contributed by atoms with E-state index >= 15 is 0 Å². The number of nitrogens with zero attached hydrogens (tertiary/aromatic N) is 2. The first kappa shape index (κ1) is 18.7. The summed E-state index contributed by atoms with van der Waals surface area (Å²) in [6.07, 6.45) is 5.66. The molecule has 2 fully saturated rings. The highest BCUT2D eigenvalue weighted by Gasteiger charge is 2.42. The smallest absolute Gasteiger partial charge is 0.308 e. The lowest BCUT2D eigenvalue weighted by atomic mass is 9.83. The van der Waals surface area contributed by atoms with Crippen molar-refractivity contribution < 1.29 is 24.2 Å². The average molecular weight is 340 g/mol. The SMILES string of the molecule is COC1(C(=O)N(C)CC(=O)N2CCCC(C(=O)O)C2)CCCCC1. The van der Waals surface area contributed by atoms with Crippen LogP contribution in [-0.2, 0) is 19.1 Å². The van der Waals surface area contributed by atoms with E-state index in [1.807, 2.05) is 0 Å². The van der Waals surface area contributed by atoms with Crippen LogP contribution in [0, 0.1) is 5.92 Å². The molecule has 1 N–H and O–H groups in total. The zero-order valence-corrected chi connectivity index (χ0v) is 14.6. The van der Waals surface area contributed by atoms with Crippen LogP contribution in [-0.4, -0.2) is 72.1 Å². The molecule has 1 saturated carbocycles. The Morgan fingerprint density at radius 1 is 1.21 bits per heavy atom. The van der Waals surface area contributed by atoms with Crippen LogP contribution in [0.3, 0.4) is 0 Å². The van der Waals surface area contributed by atoms with Gasteiger partial charge in [0, 0.05) is 27.2 Å². The van der Waals surface area contributed by atoms with E-state index in [9.17, 15) is 14.4 Å². The number of rotatable bonds is 5. The van der Waals surface area contributed by atoms with Crippen LogP contribution < -0.4 is 0 Å². The molecule has 1 saturated heterocycles. The fraction of sp³-hybridized carbons (Fsp3) is 0.824. The van der Waals surface area contributed by atoms with Crippen molar-refractivity contribution in [3.05, 3.63) is 0 Å². The molecule has 1 atom stereocenters. The number of aliphatic carboxylic acids is 1. The van der Waals surface area contributed by atoms with Crippen LogP contribution in [0.5, 0.6) is 0 Å². The number of amides is 2. The molecular weight excluding hydrogens is 312 g/mol. The molecule has 0 radical (unpaired) electrons. The number of carbonyl (C=O) groups excluding carboxylic acids is 2. The Kier molecular flexibility index (Phi) is 6.21. The van der Waals surface area contributed by atoms with Crippen molar-refractivity contribution in [1.82, 2.24) is 9.80 Å². The summed E-state index contributed by atoms with van der Waals surface area (Å²) in [5.74, 6) is -1.71. The number of ether oxygens (including phenoxy) is 1. The molecule has 24 heavy (non-hydrogen) atoms.